The monoisotopic (exact) mass is 546 g/mol. The number of hydrogen-bond donors (Lipinski definition) is 0. The maximum Gasteiger partial charge on any atom is 0.416 e. The van der Waals surface area contributed by atoms with E-state index in [4.69, 9.17) is 30.5 Å². The average Bonchev–Trinajstić information content (AvgIpc) is 2.84. The predicted molar refractivity (Wildman–Crippen MR) is 127 cm³/mol. The third kappa shape index (κ3) is 7.70. The van der Waals surface area contributed by atoms with Gasteiger partial charge in [0, 0.05) is 19.2 Å². The van der Waals surface area contributed by atoms with Gasteiger partial charge in [0.15, 0.2) is 12.4 Å². The Balaban J connectivity index is 1.81. The highest BCUT2D eigenvalue weighted by atomic mass is 35.5. The molecule has 9 nitrogen and oxygen atoms in total. The van der Waals surface area contributed by atoms with Gasteiger partial charge in [-0.3, -0.25) is 14.9 Å². The molecule has 13 heteroatoms. The topological polar surface area (TPSA) is 100 Å². The number of hydrogen-bond acceptors (Lipinski definition) is 7. The summed E-state index contributed by atoms with van der Waals surface area (Å²) in [6.45, 7) is 3.02. The van der Waals surface area contributed by atoms with Crippen molar-refractivity contribution in [3.05, 3.63) is 57.1 Å². The van der Waals surface area contributed by atoms with Gasteiger partial charge in [-0.2, -0.15) is 13.2 Å². The van der Waals surface area contributed by atoms with E-state index in [1.807, 2.05) is 6.92 Å². The van der Waals surface area contributed by atoms with Crippen molar-refractivity contribution in [1.82, 2.24) is 4.90 Å². The van der Waals surface area contributed by atoms with Crippen LogP contribution in [-0.4, -0.2) is 54.9 Å². The lowest BCUT2D eigenvalue weighted by Gasteiger charge is -2.29. The molecule has 0 N–H and O–H groups in total. The lowest BCUT2D eigenvalue weighted by Crippen LogP contribution is -2.45. The first-order valence-electron chi connectivity index (χ1n) is 11.5. The number of likely N-dealkylation sites (N-methyl/N-ethyl adjacent to an activating group) is 1. The van der Waals surface area contributed by atoms with Gasteiger partial charge < -0.3 is 23.8 Å². The van der Waals surface area contributed by atoms with E-state index < -0.39 is 40.7 Å². The van der Waals surface area contributed by atoms with Crippen molar-refractivity contribution in [2.45, 2.75) is 44.8 Å². The van der Waals surface area contributed by atoms with E-state index >= 15 is 0 Å². The Labute approximate surface area is 216 Å². The maximum atomic E-state index is 13.1. The van der Waals surface area contributed by atoms with Gasteiger partial charge in [0.1, 0.15) is 11.5 Å². The second kappa shape index (κ2) is 12.4. The van der Waals surface area contributed by atoms with Gasteiger partial charge >= 0.3 is 11.9 Å². The number of benzene rings is 2. The Kier molecular flexibility index (Phi) is 9.57. The zero-order valence-electron chi connectivity index (χ0n) is 20.1. The van der Waals surface area contributed by atoms with Crippen LogP contribution in [0, 0.1) is 10.1 Å². The molecule has 0 bridgehead atoms. The van der Waals surface area contributed by atoms with Crippen LogP contribution in [0.15, 0.2) is 36.4 Å². The minimum absolute atomic E-state index is 0.0160. The molecule has 0 spiro atoms. The van der Waals surface area contributed by atoms with Crippen LogP contribution in [0.2, 0.25) is 5.02 Å². The molecule has 37 heavy (non-hydrogen) atoms. The number of alkyl halides is 3. The quantitative estimate of drug-likeness (QED) is 0.273. The second-order valence-electron chi connectivity index (χ2n) is 8.27. The molecule has 2 aromatic rings. The fourth-order valence-electron chi connectivity index (χ4n) is 3.54. The minimum atomic E-state index is -4.58. The summed E-state index contributed by atoms with van der Waals surface area (Å²) in [4.78, 5) is 25.4. The van der Waals surface area contributed by atoms with Crippen molar-refractivity contribution < 1.29 is 41.8 Å². The molecule has 0 aromatic heterocycles. The first-order valence-corrected chi connectivity index (χ1v) is 11.8. The molecule has 1 atom stereocenters. The third-order valence-electron chi connectivity index (χ3n) is 5.41. The van der Waals surface area contributed by atoms with Gasteiger partial charge in [-0.05, 0) is 37.1 Å². The SMILES string of the molecule is CCCC(Oc1cc(Oc2ccc(C(F)(F)F)cc2Cl)ccc1[N+](=O)[O-])C(=O)N(C)CC1OCCCO1. The van der Waals surface area contributed by atoms with E-state index in [0.29, 0.717) is 25.7 Å². The second-order valence-corrected chi connectivity index (χ2v) is 8.68. The number of nitrogens with zero attached hydrogens (tertiary/aromatic N) is 2. The van der Waals surface area contributed by atoms with Gasteiger partial charge in [-0.15, -0.1) is 0 Å². The zero-order chi connectivity index (χ0) is 27.2. The third-order valence-corrected chi connectivity index (χ3v) is 5.70. The van der Waals surface area contributed by atoms with Crippen molar-refractivity contribution in [2.75, 3.05) is 26.8 Å². The summed E-state index contributed by atoms with van der Waals surface area (Å²) in [7, 11) is 1.55. The lowest BCUT2D eigenvalue weighted by molar-refractivity contribution is -0.386. The minimum Gasteiger partial charge on any atom is -0.473 e. The number of halogens is 4. The van der Waals surface area contributed by atoms with E-state index in [0.717, 1.165) is 24.6 Å². The molecule has 1 amide bonds. The van der Waals surface area contributed by atoms with Crippen molar-refractivity contribution in [3.8, 4) is 17.2 Å². The number of carbonyl (C=O) groups is 1. The zero-order valence-corrected chi connectivity index (χ0v) is 20.9. The Morgan fingerprint density at radius 2 is 1.92 bits per heavy atom. The fraction of sp³-hybridized carbons (Fsp3) is 0.458. The largest absolute Gasteiger partial charge is 0.473 e. The number of ether oxygens (including phenoxy) is 4. The Hall–Kier alpha value is -3.09. The van der Waals surface area contributed by atoms with Crippen molar-refractivity contribution in [1.29, 1.82) is 0 Å². The van der Waals surface area contributed by atoms with Gasteiger partial charge in [0.05, 0.1) is 35.3 Å². The molecule has 2 aromatic carbocycles. The predicted octanol–water partition coefficient (Wildman–Crippen LogP) is 5.83. The number of carbonyl (C=O) groups excluding carboxylic acids is 1. The molecule has 1 saturated heterocycles. The molecule has 1 heterocycles. The molecule has 0 radical (unpaired) electrons. The first kappa shape index (κ1) is 28.5. The van der Waals surface area contributed by atoms with Crippen molar-refractivity contribution >= 4 is 23.2 Å². The lowest BCUT2D eigenvalue weighted by atomic mass is 10.1. The Bertz CT molecular complexity index is 1110. The van der Waals surface area contributed by atoms with E-state index in [9.17, 15) is 28.1 Å². The first-order chi connectivity index (χ1) is 17.5. The van der Waals surface area contributed by atoms with Crippen LogP contribution in [0.3, 0.4) is 0 Å². The molecule has 3 rings (SSSR count). The van der Waals surface area contributed by atoms with E-state index in [1.54, 1.807) is 7.05 Å². The van der Waals surface area contributed by atoms with Crippen LogP contribution in [0.4, 0.5) is 18.9 Å². The Morgan fingerprint density at radius 3 is 2.51 bits per heavy atom. The highest BCUT2D eigenvalue weighted by Gasteiger charge is 2.32. The van der Waals surface area contributed by atoms with Crippen LogP contribution in [0.25, 0.3) is 0 Å². The molecule has 0 saturated carbocycles. The number of nitro groups is 1. The summed E-state index contributed by atoms with van der Waals surface area (Å²) in [5.74, 6) is -0.743. The van der Waals surface area contributed by atoms with Crippen molar-refractivity contribution in [2.24, 2.45) is 0 Å². The number of amides is 1. The summed E-state index contributed by atoms with van der Waals surface area (Å²) in [6.07, 6.45) is -4.64. The van der Waals surface area contributed by atoms with Gasteiger partial charge in [-0.25, -0.2) is 0 Å². The average molecular weight is 547 g/mol. The van der Waals surface area contributed by atoms with Crippen molar-refractivity contribution in [3.63, 3.8) is 0 Å². The van der Waals surface area contributed by atoms with Crippen LogP contribution >= 0.6 is 11.6 Å². The van der Waals surface area contributed by atoms with Gasteiger partial charge in [-0.1, -0.05) is 24.9 Å². The molecule has 1 unspecified atom stereocenters. The highest BCUT2D eigenvalue weighted by molar-refractivity contribution is 6.32. The standard InChI is InChI=1S/C24H26ClF3N2O7/c1-3-5-20(23(31)29(2)14-22-34-10-4-11-35-22)37-21-13-16(7-8-18(21)30(32)33)36-19-9-6-15(12-17(19)25)24(26,27)28/h6-9,12-13,20,22H,3-5,10-11,14H2,1-2H3. The smallest absolute Gasteiger partial charge is 0.416 e. The van der Waals surface area contributed by atoms with E-state index in [-0.39, 0.29) is 35.2 Å². The summed E-state index contributed by atoms with van der Waals surface area (Å²) in [5, 5.41) is 11.3. The molecule has 1 aliphatic rings. The molecule has 0 aliphatic carbocycles. The molecule has 202 valence electrons. The summed E-state index contributed by atoms with van der Waals surface area (Å²) >= 11 is 5.95. The number of rotatable bonds is 10. The number of nitro benzene ring substituents is 1. The van der Waals surface area contributed by atoms with Gasteiger partial charge in [0.2, 0.25) is 5.75 Å². The van der Waals surface area contributed by atoms with Crippen LogP contribution in [0.1, 0.15) is 31.7 Å². The summed E-state index contributed by atoms with van der Waals surface area (Å²) < 4.78 is 61.1. The fourth-order valence-corrected chi connectivity index (χ4v) is 3.76. The Morgan fingerprint density at radius 1 is 1.22 bits per heavy atom. The maximum absolute atomic E-state index is 13.1. The summed E-state index contributed by atoms with van der Waals surface area (Å²) in [5.41, 5.74) is -1.37. The molecule has 1 fully saturated rings. The molecular weight excluding hydrogens is 521 g/mol. The van der Waals surface area contributed by atoms with Crippen LogP contribution in [-0.2, 0) is 20.4 Å². The summed E-state index contributed by atoms with van der Waals surface area (Å²) in [6, 6.07) is 6.11. The highest BCUT2D eigenvalue weighted by Crippen LogP contribution is 2.39. The van der Waals surface area contributed by atoms with E-state index in [1.165, 1.54) is 17.0 Å². The van der Waals surface area contributed by atoms with Gasteiger partial charge in [0.25, 0.3) is 5.91 Å². The van der Waals surface area contributed by atoms with Crippen LogP contribution in [0.5, 0.6) is 17.2 Å². The molecular formula is C24H26ClF3N2O7. The molecule has 1 aliphatic heterocycles. The van der Waals surface area contributed by atoms with Crippen LogP contribution < -0.4 is 9.47 Å². The van der Waals surface area contributed by atoms with E-state index in [2.05, 4.69) is 0 Å². The normalized spacial score (nSPS) is 15.2.